The normalized spacial score (nSPS) is 11.0. The van der Waals surface area contributed by atoms with Gasteiger partial charge in [-0.15, -0.1) is 0 Å². The Hall–Kier alpha value is -2.56. The van der Waals surface area contributed by atoms with Gasteiger partial charge in [-0.3, -0.25) is 4.79 Å². The van der Waals surface area contributed by atoms with Gasteiger partial charge in [-0.1, -0.05) is 18.2 Å². The van der Waals surface area contributed by atoms with Gasteiger partial charge in [0.15, 0.2) is 11.6 Å². The number of hydrogen-bond acceptors (Lipinski definition) is 2. The van der Waals surface area contributed by atoms with E-state index in [-0.39, 0.29) is 12.1 Å². The van der Waals surface area contributed by atoms with Crippen LogP contribution >= 0.6 is 0 Å². The molecule has 0 N–H and O–H groups in total. The Morgan fingerprint density at radius 2 is 1.86 bits per heavy atom. The van der Waals surface area contributed by atoms with E-state index in [0.717, 1.165) is 12.1 Å². The van der Waals surface area contributed by atoms with Crippen LogP contribution in [0.2, 0.25) is 0 Å². The van der Waals surface area contributed by atoms with Gasteiger partial charge in [-0.2, -0.15) is 0 Å². The topological polar surface area (TPSA) is 34.9 Å². The summed E-state index contributed by atoms with van der Waals surface area (Å²) >= 11 is 0. The van der Waals surface area contributed by atoms with Crippen LogP contribution in [0, 0.1) is 18.6 Å². The molecule has 0 atom stereocenters. The summed E-state index contributed by atoms with van der Waals surface area (Å²) in [6.07, 6.45) is 0. The van der Waals surface area contributed by atoms with E-state index in [2.05, 4.69) is 4.98 Å². The molecular weight excluding hydrogens is 274 g/mol. The number of fused-ring (bicyclic) bond motifs is 1. The Morgan fingerprint density at radius 3 is 2.62 bits per heavy atom. The second-order valence-electron chi connectivity index (χ2n) is 4.83. The molecule has 0 aliphatic carbocycles. The maximum absolute atomic E-state index is 13.3. The van der Waals surface area contributed by atoms with Crippen molar-refractivity contribution in [1.82, 2.24) is 9.55 Å². The molecule has 0 saturated carbocycles. The maximum Gasteiger partial charge on any atom is 0.272 e. The summed E-state index contributed by atoms with van der Waals surface area (Å²) < 4.78 is 27.8. The van der Waals surface area contributed by atoms with E-state index in [9.17, 15) is 13.6 Å². The molecule has 1 aromatic heterocycles. The minimum atomic E-state index is -0.921. The van der Waals surface area contributed by atoms with Gasteiger partial charge in [0.1, 0.15) is 5.69 Å². The molecule has 2 aromatic carbocycles. The first-order valence-electron chi connectivity index (χ1n) is 6.46. The maximum atomic E-state index is 13.3. The Kier molecular flexibility index (Phi) is 3.25. The van der Waals surface area contributed by atoms with E-state index < -0.39 is 11.6 Å². The van der Waals surface area contributed by atoms with Crippen molar-refractivity contribution in [3.8, 4) is 0 Å². The van der Waals surface area contributed by atoms with Gasteiger partial charge < -0.3 is 4.57 Å². The molecule has 0 fully saturated rings. The number of nitrogens with zero attached hydrogens (tertiary/aromatic N) is 2. The lowest BCUT2D eigenvalue weighted by molar-refractivity contribution is 0.506. The molecule has 0 bridgehead atoms. The Labute approximate surface area is 119 Å². The van der Waals surface area contributed by atoms with Gasteiger partial charge in [0, 0.05) is 0 Å². The standard InChI is InChI=1S/C16H12F2N2O/c1-10-16(21)20(15-5-3-2-4-14(15)19-10)9-11-6-7-12(17)13(18)8-11/h2-8H,9H2,1H3. The number of benzene rings is 2. The van der Waals surface area contributed by atoms with Crippen molar-refractivity contribution in [1.29, 1.82) is 0 Å². The molecule has 3 nitrogen and oxygen atoms in total. The van der Waals surface area contributed by atoms with Gasteiger partial charge in [0.2, 0.25) is 0 Å². The van der Waals surface area contributed by atoms with Gasteiger partial charge in [-0.05, 0) is 36.8 Å². The molecule has 3 aromatic rings. The van der Waals surface area contributed by atoms with Crippen LogP contribution in [0.4, 0.5) is 8.78 Å². The van der Waals surface area contributed by atoms with E-state index in [4.69, 9.17) is 0 Å². The highest BCUT2D eigenvalue weighted by molar-refractivity contribution is 5.74. The first kappa shape index (κ1) is 13.4. The molecule has 21 heavy (non-hydrogen) atoms. The van der Waals surface area contributed by atoms with E-state index >= 15 is 0 Å². The molecule has 0 spiro atoms. The van der Waals surface area contributed by atoms with Crippen LogP contribution in [-0.4, -0.2) is 9.55 Å². The van der Waals surface area contributed by atoms with E-state index in [1.807, 2.05) is 12.1 Å². The lowest BCUT2D eigenvalue weighted by Crippen LogP contribution is -2.24. The van der Waals surface area contributed by atoms with Gasteiger partial charge in [-0.25, -0.2) is 13.8 Å². The zero-order valence-corrected chi connectivity index (χ0v) is 11.3. The van der Waals surface area contributed by atoms with Crippen molar-refractivity contribution >= 4 is 11.0 Å². The molecule has 5 heteroatoms. The first-order valence-corrected chi connectivity index (χ1v) is 6.46. The summed E-state index contributed by atoms with van der Waals surface area (Å²) in [5, 5.41) is 0. The average molecular weight is 286 g/mol. The van der Waals surface area contributed by atoms with Crippen LogP contribution in [0.1, 0.15) is 11.3 Å². The Morgan fingerprint density at radius 1 is 1.10 bits per heavy atom. The van der Waals surface area contributed by atoms with Crippen LogP contribution in [-0.2, 0) is 6.54 Å². The first-order chi connectivity index (χ1) is 10.1. The highest BCUT2D eigenvalue weighted by Crippen LogP contribution is 2.14. The minimum absolute atomic E-state index is 0.167. The lowest BCUT2D eigenvalue weighted by atomic mass is 10.2. The quantitative estimate of drug-likeness (QED) is 0.726. The highest BCUT2D eigenvalue weighted by Gasteiger charge is 2.09. The van der Waals surface area contributed by atoms with Crippen molar-refractivity contribution in [2.45, 2.75) is 13.5 Å². The van der Waals surface area contributed by atoms with Crippen molar-refractivity contribution in [2.24, 2.45) is 0 Å². The summed E-state index contributed by atoms with van der Waals surface area (Å²) in [6, 6.07) is 10.9. The van der Waals surface area contributed by atoms with Crippen molar-refractivity contribution in [2.75, 3.05) is 0 Å². The monoisotopic (exact) mass is 286 g/mol. The third-order valence-corrected chi connectivity index (χ3v) is 3.34. The number of rotatable bonds is 2. The fourth-order valence-electron chi connectivity index (χ4n) is 2.30. The van der Waals surface area contributed by atoms with Crippen molar-refractivity contribution < 1.29 is 8.78 Å². The summed E-state index contributed by atoms with van der Waals surface area (Å²) in [7, 11) is 0. The smallest absolute Gasteiger partial charge is 0.272 e. The summed E-state index contributed by atoms with van der Waals surface area (Å²) in [4.78, 5) is 16.5. The molecule has 0 amide bonds. The SMILES string of the molecule is Cc1nc2ccccc2n(Cc2ccc(F)c(F)c2)c1=O. The van der Waals surface area contributed by atoms with Crippen LogP contribution < -0.4 is 5.56 Å². The number of para-hydroxylation sites is 2. The molecule has 106 valence electrons. The van der Waals surface area contributed by atoms with Crippen LogP contribution in [0.25, 0.3) is 11.0 Å². The third-order valence-electron chi connectivity index (χ3n) is 3.34. The lowest BCUT2D eigenvalue weighted by Gasteiger charge is -2.11. The molecule has 0 unspecified atom stereocenters. The van der Waals surface area contributed by atoms with Crippen LogP contribution in [0.3, 0.4) is 0 Å². The molecule has 0 aliphatic heterocycles. The molecule has 3 rings (SSSR count). The molecule has 0 saturated heterocycles. The third kappa shape index (κ3) is 2.42. The Bertz CT molecular complexity index is 887. The molecular formula is C16H12F2N2O. The highest BCUT2D eigenvalue weighted by atomic mass is 19.2. The minimum Gasteiger partial charge on any atom is -0.301 e. The fourth-order valence-corrected chi connectivity index (χ4v) is 2.30. The second kappa shape index (κ2) is 5.09. The largest absolute Gasteiger partial charge is 0.301 e. The van der Waals surface area contributed by atoms with Crippen LogP contribution in [0.5, 0.6) is 0 Å². The van der Waals surface area contributed by atoms with E-state index in [1.165, 1.54) is 10.6 Å². The fraction of sp³-hybridized carbons (Fsp3) is 0.125. The predicted molar refractivity (Wildman–Crippen MR) is 76.2 cm³/mol. The van der Waals surface area contributed by atoms with E-state index in [1.54, 1.807) is 19.1 Å². The number of halogens is 2. The number of aryl methyl sites for hydroxylation is 1. The summed E-state index contributed by atoms with van der Waals surface area (Å²) in [5.41, 5.74) is 2.01. The van der Waals surface area contributed by atoms with Crippen molar-refractivity contribution in [3.05, 3.63) is 75.7 Å². The number of aromatic nitrogens is 2. The number of hydrogen-bond donors (Lipinski definition) is 0. The van der Waals surface area contributed by atoms with E-state index in [0.29, 0.717) is 22.3 Å². The Balaban J connectivity index is 2.17. The summed E-state index contributed by atoms with van der Waals surface area (Å²) in [6.45, 7) is 1.80. The zero-order valence-electron chi connectivity index (χ0n) is 11.3. The second-order valence-corrected chi connectivity index (χ2v) is 4.83. The van der Waals surface area contributed by atoms with Crippen molar-refractivity contribution in [3.63, 3.8) is 0 Å². The molecule has 0 aliphatic rings. The van der Waals surface area contributed by atoms with Gasteiger partial charge >= 0.3 is 0 Å². The summed E-state index contributed by atoms with van der Waals surface area (Å²) in [5.74, 6) is -1.82. The predicted octanol–water partition coefficient (Wildman–Crippen LogP) is 3.03. The van der Waals surface area contributed by atoms with Crippen LogP contribution in [0.15, 0.2) is 47.3 Å². The average Bonchev–Trinajstić information content (AvgIpc) is 2.47. The molecule has 1 heterocycles. The zero-order chi connectivity index (χ0) is 15.0. The van der Waals surface area contributed by atoms with Gasteiger partial charge in [0.25, 0.3) is 5.56 Å². The van der Waals surface area contributed by atoms with Gasteiger partial charge in [0.05, 0.1) is 17.6 Å². The molecule has 0 radical (unpaired) electrons.